The lowest BCUT2D eigenvalue weighted by molar-refractivity contribution is 0.123. The summed E-state index contributed by atoms with van der Waals surface area (Å²) in [5.41, 5.74) is 1.52. The van der Waals surface area contributed by atoms with E-state index in [0.29, 0.717) is 5.92 Å². The third kappa shape index (κ3) is 8.60. The first-order valence-electron chi connectivity index (χ1n) is 8.00. The molecule has 0 aliphatic heterocycles. The molecule has 0 heterocycles. The molecule has 0 fully saturated rings. The molecule has 0 saturated carbocycles. The molecular weight excluding hydrogens is 326 g/mol. The average molecular weight is 356 g/mol. The molecule has 0 amide bonds. The largest absolute Gasteiger partial charge is 0.381 e. The van der Waals surface area contributed by atoms with Gasteiger partial charge >= 0.3 is 0 Å². The van der Waals surface area contributed by atoms with Crippen molar-refractivity contribution >= 4 is 15.9 Å². The van der Waals surface area contributed by atoms with Crippen LogP contribution in [0.1, 0.15) is 58.4 Å². The van der Waals surface area contributed by atoms with Crippen LogP contribution in [0.4, 0.5) is 0 Å². The first-order chi connectivity index (χ1) is 9.92. The van der Waals surface area contributed by atoms with Gasteiger partial charge in [-0.15, -0.1) is 0 Å². The minimum atomic E-state index is 0.146. The summed E-state index contributed by atoms with van der Waals surface area (Å²) in [5, 5.41) is 3.62. The summed E-state index contributed by atoms with van der Waals surface area (Å²) in [4.78, 5) is 0. The number of ether oxygens (including phenoxy) is 1. The van der Waals surface area contributed by atoms with E-state index in [4.69, 9.17) is 4.74 Å². The molecule has 0 radical (unpaired) electrons. The lowest BCUT2D eigenvalue weighted by atomic mass is 9.95. The number of unbranched alkanes of at least 4 members (excludes halogenated alkanes) is 1. The summed E-state index contributed by atoms with van der Waals surface area (Å²) in [6.07, 6.45) is 3.41. The molecule has 0 aromatic heterocycles. The molecule has 0 spiro atoms. The van der Waals surface area contributed by atoms with Gasteiger partial charge < -0.3 is 10.1 Å². The molecule has 1 rings (SSSR count). The lowest BCUT2D eigenvalue weighted by Gasteiger charge is -2.26. The van der Waals surface area contributed by atoms with Gasteiger partial charge in [0.15, 0.2) is 0 Å². The number of rotatable bonds is 9. The van der Waals surface area contributed by atoms with E-state index in [1.807, 2.05) is 0 Å². The first-order valence-corrected chi connectivity index (χ1v) is 8.80. The molecular formula is C18H30BrNO. The van der Waals surface area contributed by atoms with Gasteiger partial charge in [-0.1, -0.05) is 41.4 Å². The number of hydrogen-bond acceptors (Lipinski definition) is 2. The normalized spacial score (nSPS) is 13.4. The van der Waals surface area contributed by atoms with Crippen LogP contribution in [0.15, 0.2) is 28.7 Å². The fourth-order valence-corrected chi connectivity index (χ4v) is 2.57. The maximum atomic E-state index is 5.75. The highest BCUT2D eigenvalue weighted by Crippen LogP contribution is 2.23. The zero-order valence-electron chi connectivity index (χ0n) is 13.9. The van der Waals surface area contributed by atoms with Gasteiger partial charge in [-0.05, 0) is 57.2 Å². The topological polar surface area (TPSA) is 21.3 Å². The van der Waals surface area contributed by atoms with E-state index in [-0.39, 0.29) is 5.54 Å². The summed E-state index contributed by atoms with van der Waals surface area (Å²) >= 11 is 3.57. The molecule has 1 aromatic carbocycles. The molecule has 1 unspecified atom stereocenters. The second kappa shape index (κ2) is 9.60. The van der Waals surface area contributed by atoms with E-state index in [9.17, 15) is 0 Å². The monoisotopic (exact) mass is 355 g/mol. The summed E-state index contributed by atoms with van der Waals surface area (Å²) in [7, 11) is 0. The van der Waals surface area contributed by atoms with Crippen molar-refractivity contribution in [1.82, 2.24) is 5.32 Å². The van der Waals surface area contributed by atoms with Crippen LogP contribution >= 0.6 is 15.9 Å². The summed E-state index contributed by atoms with van der Waals surface area (Å²) in [5.74, 6) is 0.489. The van der Waals surface area contributed by atoms with Crippen LogP contribution in [0.25, 0.3) is 0 Å². The van der Waals surface area contributed by atoms with Crippen molar-refractivity contribution in [3.05, 3.63) is 34.3 Å². The molecule has 120 valence electrons. The van der Waals surface area contributed by atoms with Gasteiger partial charge in [-0.25, -0.2) is 0 Å². The van der Waals surface area contributed by atoms with Crippen molar-refractivity contribution in [2.75, 3.05) is 19.8 Å². The molecule has 0 aliphatic rings. The van der Waals surface area contributed by atoms with E-state index in [2.05, 4.69) is 73.2 Å². The molecule has 0 saturated heterocycles. The van der Waals surface area contributed by atoms with Gasteiger partial charge in [-0.2, -0.15) is 0 Å². The molecule has 21 heavy (non-hydrogen) atoms. The number of halogens is 1. The molecule has 0 bridgehead atoms. The highest BCUT2D eigenvalue weighted by molar-refractivity contribution is 9.10. The third-order valence-corrected chi connectivity index (χ3v) is 3.95. The maximum absolute atomic E-state index is 5.75. The van der Waals surface area contributed by atoms with Crippen LogP contribution in [-0.4, -0.2) is 25.3 Å². The Morgan fingerprint density at radius 3 is 2.62 bits per heavy atom. The minimum absolute atomic E-state index is 0.146. The van der Waals surface area contributed by atoms with Crippen LogP contribution in [-0.2, 0) is 4.74 Å². The van der Waals surface area contributed by atoms with Crippen molar-refractivity contribution < 1.29 is 4.74 Å². The van der Waals surface area contributed by atoms with Crippen LogP contribution in [0, 0.1) is 0 Å². The lowest BCUT2D eigenvalue weighted by Crippen LogP contribution is -2.38. The predicted molar refractivity (Wildman–Crippen MR) is 95.0 cm³/mol. The fourth-order valence-electron chi connectivity index (χ4n) is 2.15. The van der Waals surface area contributed by atoms with Crippen molar-refractivity contribution in [2.45, 2.75) is 58.4 Å². The molecule has 0 aliphatic carbocycles. The van der Waals surface area contributed by atoms with Crippen LogP contribution in [0.2, 0.25) is 0 Å². The van der Waals surface area contributed by atoms with E-state index in [1.165, 1.54) is 12.0 Å². The second-order valence-electron chi connectivity index (χ2n) is 6.64. The fraction of sp³-hybridized carbons (Fsp3) is 0.667. The SMILES string of the molecule is CCCCOCCC(CNC(C)(C)C)c1cccc(Br)c1. The van der Waals surface area contributed by atoms with Crippen LogP contribution in [0.5, 0.6) is 0 Å². The Morgan fingerprint density at radius 2 is 2.00 bits per heavy atom. The Labute approximate surface area is 138 Å². The molecule has 1 aromatic rings. The Hall–Kier alpha value is -0.380. The minimum Gasteiger partial charge on any atom is -0.381 e. The Bertz CT molecular complexity index is 400. The summed E-state index contributed by atoms with van der Waals surface area (Å²) < 4.78 is 6.89. The Morgan fingerprint density at radius 1 is 1.24 bits per heavy atom. The molecule has 1 atom stereocenters. The van der Waals surface area contributed by atoms with E-state index >= 15 is 0 Å². The van der Waals surface area contributed by atoms with Gasteiger partial charge in [-0.3, -0.25) is 0 Å². The molecule has 3 heteroatoms. The van der Waals surface area contributed by atoms with Gasteiger partial charge in [0, 0.05) is 29.8 Å². The number of hydrogen-bond donors (Lipinski definition) is 1. The smallest absolute Gasteiger partial charge is 0.0472 e. The standard InChI is InChI=1S/C18H30BrNO/c1-5-6-11-21-12-10-16(14-20-18(2,3)4)15-8-7-9-17(19)13-15/h7-9,13,16,20H,5-6,10-12,14H2,1-4H3. The Balaban J connectivity index is 2.57. The molecule has 2 nitrogen and oxygen atoms in total. The summed E-state index contributed by atoms with van der Waals surface area (Å²) in [6, 6.07) is 8.63. The zero-order chi connectivity index (χ0) is 15.7. The highest BCUT2D eigenvalue weighted by atomic mass is 79.9. The highest BCUT2D eigenvalue weighted by Gasteiger charge is 2.16. The summed E-state index contributed by atoms with van der Waals surface area (Å²) in [6.45, 7) is 11.5. The number of nitrogens with one attached hydrogen (secondary N) is 1. The first kappa shape index (κ1) is 18.7. The number of benzene rings is 1. The van der Waals surface area contributed by atoms with Gasteiger partial charge in [0.25, 0.3) is 0 Å². The van der Waals surface area contributed by atoms with Gasteiger partial charge in [0.05, 0.1) is 0 Å². The quantitative estimate of drug-likeness (QED) is 0.620. The van der Waals surface area contributed by atoms with Crippen LogP contribution in [0.3, 0.4) is 0 Å². The van der Waals surface area contributed by atoms with Crippen molar-refractivity contribution in [3.63, 3.8) is 0 Å². The predicted octanol–water partition coefficient (Wildman–Crippen LogP) is 5.13. The van der Waals surface area contributed by atoms with Crippen LogP contribution < -0.4 is 5.32 Å². The maximum Gasteiger partial charge on any atom is 0.0472 e. The van der Waals surface area contributed by atoms with E-state index in [0.717, 1.165) is 37.1 Å². The second-order valence-corrected chi connectivity index (χ2v) is 7.55. The zero-order valence-corrected chi connectivity index (χ0v) is 15.5. The van der Waals surface area contributed by atoms with Gasteiger partial charge in [0.1, 0.15) is 0 Å². The van der Waals surface area contributed by atoms with Gasteiger partial charge in [0.2, 0.25) is 0 Å². The van der Waals surface area contributed by atoms with E-state index < -0.39 is 0 Å². The molecule has 1 N–H and O–H groups in total. The van der Waals surface area contributed by atoms with Crippen molar-refractivity contribution in [1.29, 1.82) is 0 Å². The Kier molecular flexibility index (Phi) is 8.53. The van der Waals surface area contributed by atoms with Crippen molar-refractivity contribution in [2.24, 2.45) is 0 Å². The third-order valence-electron chi connectivity index (χ3n) is 3.45. The van der Waals surface area contributed by atoms with E-state index in [1.54, 1.807) is 0 Å². The average Bonchev–Trinajstić information content (AvgIpc) is 2.40. The van der Waals surface area contributed by atoms with Crippen molar-refractivity contribution in [3.8, 4) is 0 Å².